The summed E-state index contributed by atoms with van der Waals surface area (Å²) in [5.41, 5.74) is 4.78. The maximum Gasteiger partial charge on any atom is 0.243 e. The van der Waals surface area contributed by atoms with Gasteiger partial charge < -0.3 is 0 Å². The monoisotopic (exact) mass is 416 g/mol. The minimum atomic E-state index is 0.475. The van der Waals surface area contributed by atoms with Gasteiger partial charge in [0.1, 0.15) is 0 Å². The van der Waals surface area contributed by atoms with Crippen LogP contribution in [-0.2, 0) is 0 Å². The SMILES string of the molecule is C/C(=N\Nc1ncc(Br)cn1)c1ccc(I)cc1. The molecule has 92 valence electrons. The van der Waals surface area contributed by atoms with Crippen molar-refractivity contribution in [3.05, 3.63) is 50.3 Å². The maximum atomic E-state index is 4.25. The molecule has 0 aliphatic carbocycles. The summed E-state index contributed by atoms with van der Waals surface area (Å²) in [6, 6.07) is 8.16. The zero-order valence-electron chi connectivity index (χ0n) is 9.56. The van der Waals surface area contributed by atoms with Crippen LogP contribution >= 0.6 is 38.5 Å². The van der Waals surface area contributed by atoms with Crippen molar-refractivity contribution in [3.8, 4) is 0 Å². The van der Waals surface area contributed by atoms with Crippen LogP contribution in [0.4, 0.5) is 5.95 Å². The van der Waals surface area contributed by atoms with Gasteiger partial charge in [-0.05, 0) is 63.1 Å². The standard InChI is InChI=1S/C12H10BrIN4/c1-8(9-2-4-11(14)5-3-9)17-18-12-15-6-10(13)7-16-12/h2-7H,1H3,(H,15,16,18)/b17-8+. The molecule has 0 aliphatic rings. The van der Waals surface area contributed by atoms with E-state index in [0.717, 1.165) is 15.7 Å². The zero-order chi connectivity index (χ0) is 13.0. The molecule has 0 saturated heterocycles. The molecule has 1 N–H and O–H groups in total. The van der Waals surface area contributed by atoms with Crippen LogP contribution in [0, 0.1) is 3.57 Å². The van der Waals surface area contributed by atoms with E-state index in [1.165, 1.54) is 3.57 Å². The fraction of sp³-hybridized carbons (Fsp3) is 0.0833. The number of aromatic nitrogens is 2. The van der Waals surface area contributed by atoms with Crippen LogP contribution in [0.15, 0.2) is 46.2 Å². The highest BCUT2D eigenvalue weighted by Gasteiger charge is 1.98. The third-order valence-corrected chi connectivity index (χ3v) is 3.33. The lowest BCUT2D eigenvalue weighted by Crippen LogP contribution is -2.02. The molecule has 6 heteroatoms. The normalized spacial score (nSPS) is 11.4. The lowest BCUT2D eigenvalue weighted by atomic mass is 10.1. The number of hydrogen-bond donors (Lipinski definition) is 1. The Morgan fingerprint density at radius 3 is 2.44 bits per heavy atom. The van der Waals surface area contributed by atoms with E-state index in [2.05, 4.69) is 59.0 Å². The van der Waals surface area contributed by atoms with Gasteiger partial charge in [-0.2, -0.15) is 5.10 Å². The van der Waals surface area contributed by atoms with Crippen molar-refractivity contribution >= 4 is 50.2 Å². The van der Waals surface area contributed by atoms with E-state index in [4.69, 9.17) is 0 Å². The second kappa shape index (κ2) is 6.24. The molecule has 0 radical (unpaired) electrons. The molecule has 0 spiro atoms. The quantitative estimate of drug-likeness (QED) is 0.471. The molecule has 1 aromatic carbocycles. The van der Waals surface area contributed by atoms with Gasteiger partial charge in [-0.25, -0.2) is 15.4 Å². The van der Waals surface area contributed by atoms with Crippen molar-refractivity contribution in [3.63, 3.8) is 0 Å². The van der Waals surface area contributed by atoms with Gasteiger partial charge in [0.15, 0.2) is 0 Å². The van der Waals surface area contributed by atoms with Gasteiger partial charge in [0, 0.05) is 16.0 Å². The second-order valence-electron chi connectivity index (χ2n) is 3.54. The molecule has 1 aromatic heterocycles. The van der Waals surface area contributed by atoms with Crippen molar-refractivity contribution in [1.82, 2.24) is 9.97 Å². The number of halogens is 2. The third kappa shape index (κ3) is 3.74. The summed E-state index contributed by atoms with van der Waals surface area (Å²) in [7, 11) is 0. The highest BCUT2D eigenvalue weighted by molar-refractivity contribution is 14.1. The van der Waals surface area contributed by atoms with Crippen LogP contribution in [0.1, 0.15) is 12.5 Å². The minimum Gasteiger partial charge on any atom is -0.245 e. The molecular weight excluding hydrogens is 407 g/mol. The zero-order valence-corrected chi connectivity index (χ0v) is 13.3. The molecule has 2 aromatic rings. The molecule has 4 nitrogen and oxygen atoms in total. The van der Waals surface area contributed by atoms with Gasteiger partial charge in [-0.15, -0.1) is 0 Å². The molecule has 1 heterocycles. The molecule has 0 atom stereocenters. The Bertz CT molecular complexity index is 551. The number of nitrogens with one attached hydrogen (secondary N) is 1. The Morgan fingerprint density at radius 2 is 1.83 bits per heavy atom. The molecule has 0 amide bonds. The Balaban J connectivity index is 2.09. The molecule has 18 heavy (non-hydrogen) atoms. The highest BCUT2D eigenvalue weighted by Crippen LogP contribution is 2.09. The number of hydrogen-bond acceptors (Lipinski definition) is 4. The Morgan fingerprint density at radius 1 is 1.22 bits per heavy atom. The lowest BCUT2D eigenvalue weighted by Gasteiger charge is -2.02. The number of anilines is 1. The van der Waals surface area contributed by atoms with Crippen LogP contribution in [0.3, 0.4) is 0 Å². The summed E-state index contributed by atoms with van der Waals surface area (Å²) in [6.45, 7) is 1.94. The Kier molecular flexibility index (Phi) is 4.65. The van der Waals surface area contributed by atoms with Crippen molar-refractivity contribution in [2.24, 2.45) is 5.10 Å². The summed E-state index contributed by atoms with van der Waals surface area (Å²) in [5.74, 6) is 0.475. The fourth-order valence-corrected chi connectivity index (χ4v) is 1.82. The Labute approximate surface area is 127 Å². The van der Waals surface area contributed by atoms with Crippen molar-refractivity contribution in [1.29, 1.82) is 0 Å². The van der Waals surface area contributed by atoms with Crippen LogP contribution in [0.5, 0.6) is 0 Å². The van der Waals surface area contributed by atoms with Crippen LogP contribution in [0.25, 0.3) is 0 Å². The van der Waals surface area contributed by atoms with E-state index in [-0.39, 0.29) is 0 Å². The average molecular weight is 417 g/mol. The molecule has 0 unspecified atom stereocenters. The molecule has 2 rings (SSSR count). The third-order valence-electron chi connectivity index (χ3n) is 2.21. The number of nitrogens with zero attached hydrogens (tertiary/aromatic N) is 3. The lowest BCUT2D eigenvalue weighted by molar-refractivity contribution is 1.10. The van der Waals surface area contributed by atoms with Crippen molar-refractivity contribution < 1.29 is 0 Å². The minimum absolute atomic E-state index is 0.475. The van der Waals surface area contributed by atoms with Gasteiger partial charge in [0.05, 0.1) is 10.2 Å². The van der Waals surface area contributed by atoms with Crippen LogP contribution < -0.4 is 5.43 Å². The van der Waals surface area contributed by atoms with Crippen molar-refractivity contribution in [2.75, 3.05) is 5.43 Å². The first-order valence-electron chi connectivity index (χ1n) is 5.19. The number of hydrazone groups is 1. The topological polar surface area (TPSA) is 50.2 Å². The predicted molar refractivity (Wildman–Crippen MR) is 84.7 cm³/mol. The van der Waals surface area contributed by atoms with E-state index < -0.39 is 0 Å². The average Bonchev–Trinajstić information content (AvgIpc) is 2.38. The van der Waals surface area contributed by atoms with Gasteiger partial charge >= 0.3 is 0 Å². The van der Waals surface area contributed by atoms with Crippen LogP contribution in [-0.4, -0.2) is 15.7 Å². The second-order valence-corrected chi connectivity index (χ2v) is 5.70. The largest absolute Gasteiger partial charge is 0.245 e. The molecular formula is C12H10BrIN4. The van der Waals surface area contributed by atoms with Gasteiger partial charge in [-0.1, -0.05) is 12.1 Å². The van der Waals surface area contributed by atoms with E-state index in [1.54, 1.807) is 12.4 Å². The summed E-state index contributed by atoms with van der Waals surface area (Å²) in [5, 5.41) is 4.25. The summed E-state index contributed by atoms with van der Waals surface area (Å²) in [4.78, 5) is 8.16. The van der Waals surface area contributed by atoms with E-state index in [1.807, 2.05) is 31.2 Å². The van der Waals surface area contributed by atoms with Crippen molar-refractivity contribution in [2.45, 2.75) is 6.92 Å². The first kappa shape index (κ1) is 13.4. The highest BCUT2D eigenvalue weighted by atomic mass is 127. The first-order chi connectivity index (χ1) is 8.65. The fourth-order valence-electron chi connectivity index (χ4n) is 1.26. The molecule has 0 aliphatic heterocycles. The molecule has 0 saturated carbocycles. The first-order valence-corrected chi connectivity index (χ1v) is 7.06. The number of rotatable bonds is 3. The van der Waals surface area contributed by atoms with Gasteiger partial charge in [0.25, 0.3) is 0 Å². The molecule has 0 bridgehead atoms. The van der Waals surface area contributed by atoms with E-state index in [9.17, 15) is 0 Å². The predicted octanol–water partition coefficient (Wildman–Crippen LogP) is 3.68. The number of benzene rings is 1. The van der Waals surface area contributed by atoms with E-state index >= 15 is 0 Å². The Hall–Kier alpha value is -1.02. The van der Waals surface area contributed by atoms with Gasteiger partial charge in [0.2, 0.25) is 5.95 Å². The molecule has 0 fully saturated rings. The summed E-state index contributed by atoms with van der Waals surface area (Å²) < 4.78 is 2.04. The summed E-state index contributed by atoms with van der Waals surface area (Å²) >= 11 is 5.55. The smallest absolute Gasteiger partial charge is 0.243 e. The maximum absolute atomic E-state index is 4.25. The van der Waals surface area contributed by atoms with Crippen LogP contribution in [0.2, 0.25) is 0 Å². The van der Waals surface area contributed by atoms with E-state index in [0.29, 0.717) is 5.95 Å². The summed E-state index contributed by atoms with van der Waals surface area (Å²) in [6.07, 6.45) is 3.34. The van der Waals surface area contributed by atoms with Gasteiger partial charge in [-0.3, -0.25) is 0 Å².